The Morgan fingerprint density at radius 3 is 3.00 bits per heavy atom. The van der Waals surface area contributed by atoms with Crippen LogP contribution in [0.4, 0.5) is 0 Å². The molecule has 0 radical (unpaired) electrons. The van der Waals surface area contributed by atoms with Crippen LogP contribution in [0.2, 0.25) is 0 Å². The van der Waals surface area contributed by atoms with Crippen LogP contribution in [0, 0.1) is 0 Å². The Morgan fingerprint density at radius 2 is 2.22 bits per heavy atom. The number of benzene rings is 1. The fraction of sp³-hybridized carbons (Fsp3) is 0.389. The number of carbonyl (C=O) groups is 1. The standard InChI is InChI=1S/C18H21N3O3S3/c1-11-15(13(10-22)20-17(25)19-11)16(23)24-8-4-5-9-26-18-21-12-6-2-3-7-14(12)27-18/h2-3,6-7,13,22H,4-5,8-10H2,1H3,(H2,19,20,25). The number of fused-ring (bicyclic) bond motifs is 1. The normalized spacial score (nSPS) is 17.0. The van der Waals surface area contributed by atoms with Gasteiger partial charge in [0.2, 0.25) is 0 Å². The highest BCUT2D eigenvalue weighted by molar-refractivity contribution is 8.01. The summed E-state index contributed by atoms with van der Waals surface area (Å²) in [4.78, 5) is 16.9. The molecule has 1 aromatic carbocycles. The lowest BCUT2D eigenvalue weighted by Crippen LogP contribution is -2.51. The average molecular weight is 424 g/mol. The molecule has 2 aromatic rings. The number of unbranched alkanes of at least 4 members (excludes halogenated alkanes) is 1. The summed E-state index contributed by atoms with van der Waals surface area (Å²) in [6, 6.07) is 7.59. The maximum Gasteiger partial charge on any atom is 0.337 e. The number of thiazole rings is 1. The van der Waals surface area contributed by atoms with E-state index in [9.17, 15) is 9.90 Å². The molecule has 27 heavy (non-hydrogen) atoms. The lowest BCUT2D eigenvalue weighted by atomic mass is 10.0. The number of esters is 1. The Morgan fingerprint density at radius 1 is 1.41 bits per heavy atom. The number of aliphatic hydroxyl groups excluding tert-OH is 1. The number of hydrogen-bond donors (Lipinski definition) is 3. The second kappa shape index (κ2) is 9.50. The molecule has 3 N–H and O–H groups in total. The Labute approximate surface area is 171 Å². The zero-order chi connectivity index (χ0) is 19.2. The first-order valence-corrected chi connectivity index (χ1v) is 10.8. The van der Waals surface area contributed by atoms with E-state index in [0.29, 0.717) is 23.0 Å². The van der Waals surface area contributed by atoms with E-state index < -0.39 is 12.0 Å². The lowest BCUT2D eigenvalue weighted by molar-refractivity contribution is -0.139. The predicted molar refractivity (Wildman–Crippen MR) is 113 cm³/mol. The van der Waals surface area contributed by atoms with Crippen molar-refractivity contribution in [2.75, 3.05) is 19.0 Å². The molecule has 2 heterocycles. The maximum absolute atomic E-state index is 12.3. The molecule has 0 saturated carbocycles. The second-order valence-corrected chi connectivity index (χ2v) is 8.79. The summed E-state index contributed by atoms with van der Waals surface area (Å²) >= 11 is 8.46. The molecule has 1 aliphatic heterocycles. The molecule has 0 spiro atoms. The fourth-order valence-corrected chi connectivity index (χ4v) is 5.15. The molecule has 0 aliphatic carbocycles. The number of para-hydroxylation sites is 1. The minimum absolute atomic E-state index is 0.220. The third-order valence-electron chi connectivity index (χ3n) is 4.03. The fourth-order valence-electron chi connectivity index (χ4n) is 2.72. The number of allylic oxidation sites excluding steroid dienone is 1. The Balaban J connectivity index is 1.40. The van der Waals surface area contributed by atoms with Crippen molar-refractivity contribution in [3.8, 4) is 0 Å². The summed E-state index contributed by atoms with van der Waals surface area (Å²) in [6.07, 6.45) is 1.70. The summed E-state index contributed by atoms with van der Waals surface area (Å²) in [7, 11) is 0. The van der Waals surface area contributed by atoms with Crippen LogP contribution in [-0.2, 0) is 9.53 Å². The molecule has 6 nitrogen and oxygen atoms in total. The van der Waals surface area contributed by atoms with Crippen LogP contribution in [0.5, 0.6) is 0 Å². The minimum Gasteiger partial charge on any atom is -0.462 e. The predicted octanol–water partition coefficient (Wildman–Crippen LogP) is 2.82. The first kappa shape index (κ1) is 20.1. The van der Waals surface area contributed by atoms with E-state index in [1.54, 1.807) is 30.0 Å². The number of rotatable bonds is 8. The van der Waals surface area contributed by atoms with Gasteiger partial charge in [-0.15, -0.1) is 11.3 Å². The van der Waals surface area contributed by atoms with E-state index in [4.69, 9.17) is 17.0 Å². The van der Waals surface area contributed by atoms with Gasteiger partial charge in [0.1, 0.15) is 0 Å². The highest BCUT2D eigenvalue weighted by Crippen LogP contribution is 2.29. The molecule has 0 saturated heterocycles. The molecule has 144 valence electrons. The van der Waals surface area contributed by atoms with Gasteiger partial charge in [-0.1, -0.05) is 23.9 Å². The number of thioether (sulfide) groups is 1. The number of nitrogens with one attached hydrogen (secondary N) is 2. The van der Waals surface area contributed by atoms with Crippen molar-refractivity contribution in [1.29, 1.82) is 0 Å². The molecule has 9 heteroatoms. The van der Waals surface area contributed by atoms with E-state index in [0.717, 1.165) is 28.5 Å². The molecular weight excluding hydrogens is 402 g/mol. The van der Waals surface area contributed by atoms with Crippen LogP contribution in [0.25, 0.3) is 10.2 Å². The Bertz CT molecular complexity index is 833. The largest absolute Gasteiger partial charge is 0.462 e. The summed E-state index contributed by atoms with van der Waals surface area (Å²) in [5.41, 5.74) is 2.05. The van der Waals surface area contributed by atoms with Crippen molar-refractivity contribution in [2.45, 2.75) is 30.1 Å². The Hall–Kier alpha value is -1.68. The van der Waals surface area contributed by atoms with Crippen molar-refractivity contribution >= 4 is 56.6 Å². The van der Waals surface area contributed by atoms with E-state index in [1.807, 2.05) is 18.2 Å². The van der Waals surface area contributed by atoms with Gasteiger partial charge in [0, 0.05) is 11.4 Å². The zero-order valence-electron chi connectivity index (χ0n) is 14.9. The van der Waals surface area contributed by atoms with Crippen LogP contribution < -0.4 is 10.6 Å². The average Bonchev–Trinajstić information content (AvgIpc) is 3.06. The maximum atomic E-state index is 12.3. The molecule has 1 aromatic heterocycles. The topological polar surface area (TPSA) is 83.5 Å². The van der Waals surface area contributed by atoms with E-state index in [1.165, 1.54) is 4.70 Å². The molecule has 0 bridgehead atoms. The number of ether oxygens (including phenoxy) is 1. The van der Waals surface area contributed by atoms with Crippen molar-refractivity contribution < 1.29 is 14.6 Å². The molecular formula is C18H21N3O3S3. The molecule has 1 aliphatic rings. The zero-order valence-corrected chi connectivity index (χ0v) is 17.3. The number of carbonyl (C=O) groups excluding carboxylic acids is 1. The smallest absolute Gasteiger partial charge is 0.337 e. The number of nitrogens with zero attached hydrogens (tertiary/aromatic N) is 1. The highest BCUT2D eigenvalue weighted by Gasteiger charge is 2.28. The summed E-state index contributed by atoms with van der Waals surface area (Å²) in [6.45, 7) is 1.88. The van der Waals surface area contributed by atoms with Gasteiger partial charge in [-0.2, -0.15) is 0 Å². The van der Waals surface area contributed by atoms with Crippen LogP contribution in [-0.4, -0.2) is 46.2 Å². The molecule has 1 atom stereocenters. The van der Waals surface area contributed by atoms with Gasteiger partial charge >= 0.3 is 5.97 Å². The number of thiocarbonyl (C=S) groups is 1. The highest BCUT2D eigenvalue weighted by atomic mass is 32.2. The van der Waals surface area contributed by atoms with Crippen LogP contribution in [0.1, 0.15) is 19.8 Å². The lowest BCUT2D eigenvalue weighted by Gasteiger charge is -2.28. The number of aromatic nitrogens is 1. The van der Waals surface area contributed by atoms with Crippen molar-refractivity contribution in [3.05, 3.63) is 35.5 Å². The third-order valence-corrected chi connectivity index (χ3v) is 6.52. The SMILES string of the molecule is CC1=C(C(=O)OCCCCSc2nc3ccccc3s2)C(CO)NC(=S)N1. The van der Waals surface area contributed by atoms with Gasteiger partial charge < -0.3 is 20.5 Å². The van der Waals surface area contributed by atoms with Crippen LogP contribution in [0.3, 0.4) is 0 Å². The summed E-state index contributed by atoms with van der Waals surface area (Å²) in [5, 5.41) is 15.6. The van der Waals surface area contributed by atoms with E-state index in [-0.39, 0.29) is 6.61 Å². The summed E-state index contributed by atoms with van der Waals surface area (Å²) < 4.78 is 7.63. The quantitative estimate of drug-likeness (QED) is 0.259. The first-order valence-electron chi connectivity index (χ1n) is 8.63. The van der Waals surface area contributed by atoms with Gasteiger partial charge in [-0.05, 0) is 44.1 Å². The van der Waals surface area contributed by atoms with E-state index >= 15 is 0 Å². The van der Waals surface area contributed by atoms with Gasteiger partial charge in [0.15, 0.2) is 9.45 Å². The van der Waals surface area contributed by atoms with Gasteiger partial charge in [-0.3, -0.25) is 0 Å². The van der Waals surface area contributed by atoms with Gasteiger partial charge in [0.25, 0.3) is 0 Å². The van der Waals surface area contributed by atoms with Gasteiger partial charge in [0.05, 0.1) is 35.0 Å². The van der Waals surface area contributed by atoms with E-state index in [2.05, 4.69) is 21.7 Å². The monoisotopic (exact) mass is 423 g/mol. The van der Waals surface area contributed by atoms with Crippen LogP contribution in [0.15, 0.2) is 39.9 Å². The molecule has 1 unspecified atom stereocenters. The first-order chi connectivity index (χ1) is 13.1. The third kappa shape index (κ3) is 5.19. The Kier molecular flexibility index (Phi) is 7.06. The van der Waals surface area contributed by atoms with Crippen molar-refractivity contribution in [1.82, 2.24) is 15.6 Å². The molecule has 0 amide bonds. The minimum atomic E-state index is -0.527. The molecule has 3 rings (SSSR count). The second-order valence-electron chi connectivity index (χ2n) is 6.01. The van der Waals surface area contributed by atoms with Crippen LogP contribution >= 0.6 is 35.3 Å². The number of aliphatic hydroxyl groups is 1. The molecule has 0 fully saturated rings. The summed E-state index contributed by atoms with van der Waals surface area (Å²) in [5.74, 6) is 0.503. The number of hydrogen-bond acceptors (Lipinski definition) is 7. The van der Waals surface area contributed by atoms with Crippen molar-refractivity contribution in [3.63, 3.8) is 0 Å². The van der Waals surface area contributed by atoms with Gasteiger partial charge in [-0.25, -0.2) is 9.78 Å². The van der Waals surface area contributed by atoms with Crippen molar-refractivity contribution in [2.24, 2.45) is 0 Å².